The van der Waals surface area contributed by atoms with Gasteiger partial charge < -0.3 is 4.85 Å². The minimum atomic E-state index is -4.72. The Morgan fingerprint density at radius 3 is 2.76 bits per heavy atom. The molecule has 3 aromatic heterocycles. The van der Waals surface area contributed by atoms with Crippen LogP contribution >= 0.6 is 0 Å². The van der Waals surface area contributed by atoms with Crippen LogP contribution in [0.5, 0.6) is 0 Å². The van der Waals surface area contributed by atoms with Crippen LogP contribution in [-0.4, -0.2) is 68.4 Å². The third-order valence-corrected chi connectivity index (χ3v) is 7.24. The molecule has 0 aromatic carbocycles. The maximum atomic E-state index is 12.9. The summed E-state index contributed by atoms with van der Waals surface area (Å²) >= 11 is 0. The molecule has 5 rings (SSSR count). The number of hydrogen-bond acceptors (Lipinski definition) is 6. The van der Waals surface area contributed by atoms with Gasteiger partial charge in [0.15, 0.2) is 11.2 Å². The third-order valence-electron chi connectivity index (χ3n) is 5.81. The highest BCUT2D eigenvalue weighted by Crippen LogP contribution is 2.35. The van der Waals surface area contributed by atoms with Crippen molar-refractivity contribution >= 4 is 27.5 Å². The number of carbonyl (C=O) groups excluding carboxylic acids is 1. The van der Waals surface area contributed by atoms with Crippen LogP contribution in [0.2, 0.25) is 0 Å². The quantitative estimate of drug-likeness (QED) is 0.516. The lowest BCUT2D eigenvalue weighted by Gasteiger charge is -2.45. The van der Waals surface area contributed by atoms with Crippen molar-refractivity contribution in [1.82, 2.24) is 28.7 Å². The molecular formula is C19H18F2N8O3S. The molecule has 0 radical (unpaired) electrons. The van der Waals surface area contributed by atoms with Crippen LogP contribution in [0, 0.1) is 12.5 Å². The van der Waals surface area contributed by atoms with Crippen molar-refractivity contribution in [1.29, 1.82) is 0 Å². The normalized spacial score (nSPS) is 18.2. The predicted molar refractivity (Wildman–Crippen MR) is 112 cm³/mol. The maximum absolute atomic E-state index is 12.9. The van der Waals surface area contributed by atoms with E-state index in [1.165, 1.54) is 10.9 Å². The van der Waals surface area contributed by atoms with Gasteiger partial charge in [0.25, 0.3) is 10.0 Å². The van der Waals surface area contributed by atoms with Gasteiger partial charge in [0.1, 0.15) is 0 Å². The number of hydrogen-bond donors (Lipinski definition) is 1. The molecule has 0 bridgehead atoms. The molecule has 1 saturated carbocycles. The number of carbonyl (C=O) groups is 1. The van der Waals surface area contributed by atoms with Crippen molar-refractivity contribution in [2.24, 2.45) is 5.92 Å². The Morgan fingerprint density at radius 2 is 2.09 bits per heavy atom. The molecule has 4 heterocycles. The SMILES string of the molecule is [C-]#[N+]CC1(n2cc(-c3cccc4nc(NC(=O)C5CC5)nn34)cn2)CN(S(=O)(=O)C(F)F)C1. The van der Waals surface area contributed by atoms with Crippen LogP contribution < -0.4 is 5.32 Å². The molecule has 0 atom stereocenters. The number of halogens is 2. The highest BCUT2D eigenvalue weighted by molar-refractivity contribution is 7.89. The minimum Gasteiger partial charge on any atom is -0.314 e. The van der Waals surface area contributed by atoms with Crippen LogP contribution in [-0.2, 0) is 20.4 Å². The Hall–Kier alpha value is -3.44. The van der Waals surface area contributed by atoms with E-state index < -0.39 is 21.3 Å². The molecule has 1 saturated heterocycles. The monoisotopic (exact) mass is 476 g/mol. The van der Waals surface area contributed by atoms with Crippen LogP contribution in [0.25, 0.3) is 21.7 Å². The Morgan fingerprint density at radius 1 is 1.33 bits per heavy atom. The zero-order valence-corrected chi connectivity index (χ0v) is 17.9. The first-order valence-corrected chi connectivity index (χ1v) is 11.6. The molecule has 1 N–H and O–H groups in total. The van der Waals surface area contributed by atoms with Crippen LogP contribution in [0.3, 0.4) is 0 Å². The number of sulfonamides is 1. The molecule has 1 aliphatic heterocycles. The molecule has 0 spiro atoms. The average molecular weight is 476 g/mol. The van der Waals surface area contributed by atoms with E-state index in [4.69, 9.17) is 6.57 Å². The van der Waals surface area contributed by atoms with Crippen LogP contribution in [0.1, 0.15) is 12.8 Å². The summed E-state index contributed by atoms with van der Waals surface area (Å²) in [5.41, 5.74) is 0.666. The number of fused-ring (bicyclic) bond motifs is 1. The van der Waals surface area contributed by atoms with Gasteiger partial charge >= 0.3 is 5.76 Å². The van der Waals surface area contributed by atoms with Gasteiger partial charge in [-0.3, -0.25) is 14.8 Å². The number of anilines is 1. The first-order valence-electron chi connectivity index (χ1n) is 10.1. The van der Waals surface area contributed by atoms with Crippen molar-refractivity contribution in [2.75, 3.05) is 25.0 Å². The van der Waals surface area contributed by atoms with Crippen molar-refractivity contribution in [3.05, 3.63) is 42.0 Å². The van der Waals surface area contributed by atoms with Crippen molar-refractivity contribution < 1.29 is 22.0 Å². The standard InChI is InChI=1S/C19H18F2N8O3S/c1-22-9-19(10-27(11-19)33(31,32)17(20)21)28-8-13(7-23-28)14-3-2-4-15-24-18(26-29(14)15)25-16(30)12-5-6-12/h2-4,7-8,12,17H,5-6,9-11H2,(H,25,26,30). The summed E-state index contributed by atoms with van der Waals surface area (Å²) in [6.45, 7) is 6.58. The van der Waals surface area contributed by atoms with Crippen LogP contribution in [0.15, 0.2) is 30.6 Å². The van der Waals surface area contributed by atoms with E-state index in [0.717, 1.165) is 12.8 Å². The summed E-state index contributed by atoms with van der Waals surface area (Å²) in [7, 11) is -4.72. The lowest BCUT2D eigenvalue weighted by molar-refractivity contribution is -0.117. The molecule has 11 nitrogen and oxygen atoms in total. The van der Waals surface area contributed by atoms with E-state index >= 15 is 0 Å². The van der Waals surface area contributed by atoms with Gasteiger partial charge in [-0.1, -0.05) is 6.07 Å². The number of rotatable bonds is 7. The van der Waals surface area contributed by atoms with E-state index in [2.05, 4.69) is 25.3 Å². The van der Waals surface area contributed by atoms with E-state index in [1.807, 2.05) is 0 Å². The van der Waals surface area contributed by atoms with Gasteiger partial charge in [0.05, 0.1) is 11.9 Å². The first kappa shape index (κ1) is 21.4. The Bertz CT molecular complexity index is 1380. The molecule has 1 amide bonds. The second-order valence-corrected chi connectivity index (χ2v) is 10.1. The minimum absolute atomic E-state index is 0.00359. The molecule has 14 heteroatoms. The van der Waals surface area contributed by atoms with Gasteiger partial charge in [-0.2, -0.15) is 23.2 Å². The number of pyridine rings is 1. The second kappa shape index (κ2) is 7.56. The van der Waals surface area contributed by atoms with Crippen molar-refractivity contribution in [3.63, 3.8) is 0 Å². The summed E-state index contributed by atoms with van der Waals surface area (Å²) in [5.74, 6) is -3.45. The summed E-state index contributed by atoms with van der Waals surface area (Å²) < 4.78 is 52.9. The highest BCUT2D eigenvalue weighted by atomic mass is 32.2. The first-order chi connectivity index (χ1) is 15.7. The van der Waals surface area contributed by atoms with Crippen molar-refractivity contribution in [2.45, 2.75) is 24.1 Å². The van der Waals surface area contributed by atoms with E-state index in [-0.39, 0.29) is 37.4 Å². The summed E-state index contributed by atoms with van der Waals surface area (Å²) in [4.78, 5) is 19.7. The van der Waals surface area contributed by atoms with Gasteiger partial charge in [-0.05, 0) is 25.0 Å². The molecule has 2 fully saturated rings. The molecular weight excluding hydrogens is 458 g/mol. The van der Waals surface area contributed by atoms with E-state index in [0.29, 0.717) is 21.2 Å². The predicted octanol–water partition coefficient (Wildman–Crippen LogP) is 1.42. The van der Waals surface area contributed by atoms with Crippen molar-refractivity contribution in [3.8, 4) is 11.3 Å². The molecule has 2 aliphatic rings. The number of alkyl halides is 2. The van der Waals surface area contributed by atoms with Gasteiger partial charge in [0, 0.05) is 30.8 Å². The molecule has 33 heavy (non-hydrogen) atoms. The number of nitrogens with one attached hydrogen (secondary N) is 1. The number of amides is 1. The summed E-state index contributed by atoms with van der Waals surface area (Å²) in [5, 5.41) is 11.4. The fraction of sp³-hybridized carbons (Fsp3) is 0.421. The lowest BCUT2D eigenvalue weighted by Crippen LogP contribution is -2.66. The van der Waals surface area contributed by atoms with Gasteiger partial charge in [-0.25, -0.2) is 19.5 Å². The largest absolute Gasteiger partial charge is 0.350 e. The van der Waals surface area contributed by atoms with E-state index in [1.54, 1.807) is 28.9 Å². The Kier molecular flexibility index (Phi) is 4.91. The highest BCUT2D eigenvalue weighted by Gasteiger charge is 2.55. The Labute approximate surface area is 186 Å². The van der Waals surface area contributed by atoms with Crippen LogP contribution in [0.4, 0.5) is 14.7 Å². The maximum Gasteiger partial charge on any atom is 0.350 e. The molecule has 0 unspecified atom stereocenters. The zero-order chi connectivity index (χ0) is 23.4. The van der Waals surface area contributed by atoms with E-state index in [9.17, 15) is 22.0 Å². The third kappa shape index (κ3) is 3.62. The molecule has 172 valence electrons. The number of aromatic nitrogens is 5. The topological polar surface area (TPSA) is 119 Å². The zero-order valence-electron chi connectivity index (χ0n) is 17.1. The average Bonchev–Trinajstić information content (AvgIpc) is 3.34. The smallest absolute Gasteiger partial charge is 0.314 e. The Balaban J connectivity index is 1.44. The summed E-state index contributed by atoms with van der Waals surface area (Å²) in [6, 6.07) is 5.26. The van der Waals surface area contributed by atoms with Gasteiger partial charge in [-0.15, -0.1) is 5.10 Å². The number of nitrogens with zero attached hydrogens (tertiary/aromatic N) is 7. The summed E-state index contributed by atoms with van der Waals surface area (Å²) in [6.07, 6.45) is 4.85. The fourth-order valence-corrected chi connectivity index (χ4v) is 4.88. The lowest BCUT2D eigenvalue weighted by atomic mass is 9.92. The second-order valence-electron chi connectivity index (χ2n) is 8.17. The molecule has 3 aromatic rings. The molecule has 1 aliphatic carbocycles. The van der Waals surface area contributed by atoms with Gasteiger partial charge in [0.2, 0.25) is 18.4 Å². The fourth-order valence-electron chi connectivity index (χ4n) is 3.82.